The van der Waals surface area contributed by atoms with Crippen LogP contribution in [0, 0.1) is 5.92 Å². The van der Waals surface area contributed by atoms with Crippen LogP contribution in [0.3, 0.4) is 0 Å². The van der Waals surface area contributed by atoms with E-state index >= 15 is 0 Å². The van der Waals surface area contributed by atoms with E-state index in [1.165, 1.54) is 0 Å². The van der Waals surface area contributed by atoms with E-state index in [-0.39, 0.29) is 0 Å². The Morgan fingerprint density at radius 1 is 0.791 bits per heavy atom. The molecule has 1 unspecified atom stereocenters. The molecule has 0 spiro atoms. The molecule has 3 aromatic heterocycles. The number of aromatic amines is 2. The molecule has 1 atom stereocenters. The largest absolute Gasteiger partial charge is 0.324 e. The molecule has 212 valence electrons. The van der Waals surface area contributed by atoms with Crippen LogP contribution in [0.25, 0.3) is 35.1 Å². The van der Waals surface area contributed by atoms with Crippen LogP contribution in [0.2, 0.25) is 0 Å². The lowest BCUT2D eigenvalue weighted by Gasteiger charge is -2.02. The number of nitrogens with one attached hydrogen (secondary N) is 2. The Morgan fingerprint density at radius 3 is 2.12 bits per heavy atom. The minimum absolute atomic E-state index is 0.301. The SMILES string of the molecule is C=Cc1c(C=C)c2n(C)c1=NC1=NC(\N=c3/[nH]c(c(=C/C)/c3=C\C(C)C)=Nc3[nH]c(c4ccccc34)N=2)c2ccccc21. The van der Waals surface area contributed by atoms with Crippen LogP contribution >= 0.6 is 0 Å². The Balaban J connectivity index is 1.71. The highest BCUT2D eigenvalue weighted by Crippen LogP contribution is 2.33. The van der Waals surface area contributed by atoms with Crippen LogP contribution in [0.1, 0.15) is 49.2 Å². The standard InChI is InChI=1S/C35H32N8/c1-7-20-27(18-19(4)5)33-37-28(20)36-29-23-14-10-12-16-25(23)31(38-29)41-34-21(8-2)22(9-3)35(43(34)6)42-32-26-17-13-11-15-24(26)30(39-32)40-33/h7-19,30,38H,2-3H2,1,4-6H3,(H,36,37,40)/b20-7+,27-18+,41-34?,42-35?. The third-order valence-corrected chi connectivity index (χ3v) is 7.94. The number of aromatic nitrogens is 3. The minimum Gasteiger partial charge on any atom is -0.324 e. The molecule has 0 saturated heterocycles. The Labute approximate surface area is 248 Å². The molecule has 2 aliphatic heterocycles. The second-order valence-electron chi connectivity index (χ2n) is 11.0. The van der Waals surface area contributed by atoms with Gasteiger partial charge in [-0.05, 0) is 12.8 Å². The van der Waals surface area contributed by atoms with Crippen molar-refractivity contribution in [3.8, 4) is 0 Å². The van der Waals surface area contributed by atoms with E-state index in [0.29, 0.717) is 34.4 Å². The van der Waals surface area contributed by atoms with Gasteiger partial charge < -0.3 is 14.5 Å². The number of hydrogen-bond donors (Lipinski definition) is 2. The first-order valence-electron chi connectivity index (χ1n) is 14.4. The molecule has 2 N–H and O–H groups in total. The van der Waals surface area contributed by atoms with Crippen LogP contribution in [-0.2, 0) is 7.05 Å². The summed E-state index contributed by atoms with van der Waals surface area (Å²) in [6, 6.07) is 16.3. The lowest BCUT2D eigenvalue weighted by atomic mass is 10.1. The zero-order chi connectivity index (χ0) is 29.8. The van der Waals surface area contributed by atoms with Gasteiger partial charge in [-0.1, -0.05) is 99.8 Å². The number of aliphatic imine (C=N–C) groups is 1. The van der Waals surface area contributed by atoms with Gasteiger partial charge in [-0.25, -0.2) is 25.0 Å². The molecule has 5 aromatic rings. The zero-order valence-electron chi connectivity index (χ0n) is 24.7. The molecule has 8 bridgehead atoms. The zero-order valence-corrected chi connectivity index (χ0v) is 24.7. The maximum Gasteiger partial charge on any atom is 0.170 e. The van der Waals surface area contributed by atoms with Crippen molar-refractivity contribution in [2.45, 2.75) is 26.9 Å². The molecule has 7 rings (SSSR count). The first kappa shape index (κ1) is 26.5. The topological polar surface area (TPSA) is 98.3 Å². The first-order valence-corrected chi connectivity index (χ1v) is 14.4. The molecule has 0 radical (unpaired) electrons. The molecule has 0 amide bonds. The van der Waals surface area contributed by atoms with Gasteiger partial charge in [0.15, 0.2) is 12.0 Å². The number of hydrogen-bond acceptors (Lipinski definition) is 5. The van der Waals surface area contributed by atoms with Crippen molar-refractivity contribution < 1.29 is 0 Å². The second-order valence-corrected chi connectivity index (χ2v) is 11.0. The molecule has 43 heavy (non-hydrogen) atoms. The number of rotatable bonds is 3. The molecule has 2 aromatic carbocycles. The van der Waals surface area contributed by atoms with Gasteiger partial charge in [-0.2, -0.15) is 0 Å². The molecule has 5 heterocycles. The van der Waals surface area contributed by atoms with E-state index in [2.05, 4.69) is 67.3 Å². The van der Waals surface area contributed by atoms with Gasteiger partial charge in [0.2, 0.25) is 0 Å². The van der Waals surface area contributed by atoms with E-state index in [9.17, 15) is 0 Å². The smallest absolute Gasteiger partial charge is 0.170 e. The van der Waals surface area contributed by atoms with Gasteiger partial charge in [0.05, 0.1) is 0 Å². The lowest BCUT2D eigenvalue weighted by molar-refractivity contribution is 0.753. The summed E-state index contributed by atoms with van der Waals surface area (Å²) >= 11 is 0. The summed E-state index contributed by atoms with van der Waals surface area (Å²) in [5, 5.41) is 3.93. The summed E-state index contributed by atoms with van der Waals surface area (Å²) in [5.41, 5.74) is 6.50. The van der Waals surface area contributed by atoms with E-state index in [1.807, 2.05) is 48.9 Å². The average Bonchev–Trinajstić information content (AvgIpc) is 3.70. The van der Waals surface area contributed by atoms with Gasteiger partial charge in [-0.3, -0.25) is 0 Å². The lowest BCUT2D eigenvalue weighted by Crippen LogP contribution is -2.38. The maximum atomic E-state index is 5.19. The van der Waals surface area contributed by atoms with Crippen LogP contribution in [0.5, 0.6) is 0 Å². The van der Waals surface area contributed by atoms with Crippen LogP contribution in [-0.4, -0.2) is 20.4 Å². The van der Waals surface area contributed by atoms with Crippen molar-refractivity contribution in [1.82, 2.24) is 14.5 Å². The first-order chi connectivity index (χ1) is 20.9. The Bertz CT molecular complexity index is 2390. The van der Waals surface area contributed by atoms with Crippen molar-refractivity contribution in [2.75, 3.05) is 0 Å². The molecule has 0 aliphatic carbocycles. The summed E-state index contributed by atoms with van der Waals surface area (Å²) in [7, 11) is 1.96. The number of nitrogens with zero attached hydrogens (tertiary/aromatic N) is 6. The molecule has 8 nitrogen and oxygen atoms in total. The predicted octanol–water partition coefficient (Wildman–Crippen LogP) is 3.97. The van der Waals surface area contributed by atoms with Crippen LogP contribution in [0.15, 0.2) is 86.7 Å². The van der Waals surface area contributed by atoms with Crippen LogP contribution in [0.4, 0.5) is 11.6 Å². The molecule has 2 aliphatic rings. The van der Waals surface area contributed by atoms with Crippen molar-refractivity contribution in [1.29, 1.82) is 0 Å². The van der Waals surface area contributed by atoms with Crippen molar-refractivity contribution >= 4 is 52.5 Å². The highest BCUT2D eigenvalue weighted by Gasteiger charge is 2.25. The highest BCUT2D eigenvalue weighted by atomic mass is 15.1. The predicted molar refractivity (Wildman–Crippen MR) is 173 cm³/mol. The van der Waals surface area contributed by atoms with Gasteiger partial charge >= 0.3 is 0 Å². The number of fused-ring (bicyclic) bond motifs is 13. The summed E-state index contributed by atoms with van der Waals surface area (Å²) in [6.07, 6.45) is 7.44. The third-order valence-electron chi connectivity index (χ3n) is 7.94. The van der Waals surface area contributed by atoms with Gasteiger partial charge in [0.25, 0.3) is 0 Å². The maximum absolute atomic E-state index is 5.19. The number of H-pyrrole nitrogens is 2. The average molecular weight is 565 g/mol. The molecule has 8 heteroatoms. The second kappa shape index (κ2) is 10.2. The Morgan fingerprint density at radius 2 is 1.44 bits per heavy atom. The van der Waals surface area contributed by atoms with Crippen molar-refractivity contribution in [2.24, 2.45) is 37.9 Å². The fourth-order valence-corrected chi connectivity index (χ4v) is 5.99. The monoisotopic (exact) mass is 564 g/mol. The fraction of sp³-hybridized carbons (Fsp3) is 0.171. The molecular weight excluding hydrogens is 532 g/mol. The number of benzene rings is 2. The van der Waals surface area contributed by atoms with Gasteiger partial charge in [0.1, 0.15) is 33.6 Å². The highest BCUT2D eigenvalue weighted by molar-refractivity contribution is 6.03. The van der Waals surface area contributed by atoms with E-state index in [4.69, 9.17) is 25.0 Å². The summed E-state index contributed by atoms with van der Waals surface area (Å²) in [5.74, 6) is 2.32. The molecule has 0 saturated carbocycles. The molecular formula is C35H32N8. The summed E-state index contributed by atoms with van der Waals surface area (Å²) in [6.45, 7) is 14.6. The summed E-state index contributed by atoms with van der Waals surface area (Å²) in [4.78, 5) is 32.7. The van der Waals surface area contributed by atoms with E-state index in [0.717, 1.165) is 54.4 Å². The van der Waals surface area contributed by atoms with Crippen LogP contribution < -0.4 is 32.4 Å². The Hall–Kier alpha value is -5.37. The minimum atomic E-state index is -0.466. The quantitative estimate of drug-likeness (QED) is 0.332. The van der Waals surface area contributed by atoms with E-state index in [1.54, 1.807) is 12.2 Å². The van der Waals surface area contributed by atoms with E-state index < -0.39 is 6.17 Å². The summed E-state index contributed by atoms with van der Waals surface area (Å²) < 4.78 is 1.97. The third kappa shape index (κ3) is 4.17. The van der Waals surface area contributed by atoms with Gasteiger partial charge in [0, 0.05) is 50.5 Å². The van der Waals surface area contributed by atoms with Crippen molar-refractivity contribution in [3.05, 3.63) is 116 Å². The van der Waals surface area contributed by atoms with Gasteiger partial charge in [-0.15, -0.1) is 0 Å². The Kier molecular flexibility index (Phi) is 6.27. The normalized spacial score (nSPS) is 17.1. The van der Waals surface area contributed by atoms with Crippen molar-refractivity contribution in [3.63, 3.8) is 0 Å². The number of amidine groups is 1. The molecule has 0 fully saturated rings. The fourth-order valence-electron chi connectivity index (χ4n) is 5.99.